The number of rotatable bonds is 1. The predicted molar refractivity (Wildman–Crippen MR) is 73.0 cm³/mol. The second-order valence-corrected chi connectivity index (χ2v) is 4.75. The van der Waals surface area contributed by atoms with Crippen molar-refractivity contribution >= 4 is 23.1 Å². The van der Waals surface area contributed by atoms with Gasteiger partial charge in [-0.1, -0.05) is 18.2 Å². The summed E-state index contributed by atoms with van der Waals surface area (Å²) in [5.74, 6) is 0.551. The Balaban J connectivity index is 2.06. The van der Waals surface area contributed by atoms with Crippen LogP contribution in [0, 0.1) is 13.8 Å². The van der Waals surface area contributed by atoms with Gasteiger partial charge in [0.1, 0.15) is 11.5 Å². The molecule has 1 fully saturated rings. The minimum absolute atomic E-state index is 0.212. The van der Waals surface area contributed by atoms with Gasteiger partial charge in [-0.15, -0.1) is 5.12 Å². The SMILES string of the molecule is CC1=NC2C(=Nc3c(C)cccc3C)C(=O)NN2N1. The van der Waals surface area contributed by atoms with Gasteiger partial charge in [0.2, 0.25) is 0 Å². The van der Waals surface area contributed by atoms with Crippen LogP contribution in [0.15, 0.2) is 28.2 Å². The summed E-state index contributed by atoms with van der Waals surface area (Å²) in [6.07, 6.45) is -0.383. The van der Waals surface area contributed by atoms with Gasteiger partial charge in [0.25, 0.3) is 5.91 Å². The van der Waals surface area contributed by atoms with E-state index in [9.17, 15) is 4.79 Å². The van der Waals surface area contributed by atoms with Crippen molar-refractivity contribution in [3.63, 3.8) is 0 Å². The molecule has 1 saturated heterocycles. The lowest BCUT2D eigenvalue weighted by Crippen LogP contribution is -2.44. The molecule has 0 radical (unpaired) electrons. The van der Waals surface area contributed by atoms with Crippen molar-refractivity contribution in [1.29, 1.82) is 0 Å². The van der Waals surface area contributed by atoms with E-state index in [-0.39, 0.29) is 12.1 Å². The number of para-hydroxylation sites is 1. The third kappa shape index (κ3) is 1.90. The van der Waals surface area contributed by atoms with Gasteiger partial charge >= 0.3 is 0 Å². The van der Waals surface area contributed by atoms with Gasteiger partial charge in [-0.3, -0.25) is 15.6 Å². The lowest BCUT2D eigenvalue weighted by atomic mass is 10.1. The lowest BCUT2D eigenvalue weighted by molar-refractivity contribution is -0.117. The molecule has 1 aromatic carbocycles. The van der Waals surface area contributed by atoms with Crippen LogP contribution in [0.5, 0.6) is 0 Å². The number of fused-ring (bicyclic) bond motifs is 1. The van der Waals surface area contributed by atoms with Crippen LogP contribution in [0.1, 0.15) is 18.1 Å². The number of aryl methyl sites for hydroxylation is 2. The monoisotopic (exact) mass is 257 g/mol. The van der Waals surface area contributed by atoms with Crippen LogP contribution in [-0.2, 0) is 4.79 Å². The second-order valence-electron chi connectivity index (χ2n) is 4.75. The van der Waals surface area contributed by atoms with Gasteiger partial charge < -0.3 is 0 Å². The fraction of sp³-hybridized carbons (Fsp3) is 0.308. The van der Waals surface area contributed by atoms with Crippen molar-refractivity contribution in [2.75, 3.05) is 0 Å². The van der Waals surface area contributed by atoms with E-state index in [1.165, 1.54) is 0 Å². The van der Waals surface area contributed by atoms with Gasteiger partial charge in [-0.25, -0.2) is 9.98 Å². The first kappa shape index (κ1) is 11.9. The molecule has 2 N–H and O–H groups in total. The van der Waals surface area contributed by atoms with Crippen molar-refractivity contribution in [2.45, 2.75) is 26.9 Å². The van der Waals surface area contributed by atoms with Crippen LogP contribution in [-0.4, -0.2) is 28.7 Å². The highest BCUT2D eigenvalue weighted by Crippen LogP contribution is 2.25. The van der Waals surface area contributed by atoms with Gasteiger partial charge in [0.05, 0.1) is 5.69 Å². The summed E-state index contributed by atoms with van der Waals surface area (Å²) in [5.41, 5.74) is 9.01. The molecule has 0 spiro atoms. The highest BCUT2D eigenvalue weighted by atomic mass is 16.2. The predicted octanol–water partition coefficient (Wildman–Crippen LogP) is 0.985. The Bertz CT molecular complexity index is 599. The zero-order valence-corrected chi connectivity index (χ0v) is 11.1. The molecule has 2 heterocycles. The molecule has 19 heavy (non-hydrogen) atoms. The second kappa shape index (κ2) is 4.17. The number of hydrogen-bond acceptors (Lipinski definition) is 5. The number of hydrogen-bond donors (Lipinski definition) is 2. The van der Waals surface area contributed by atoms with Crippen LogP contribution >= 0.6 is 0 Å². The summed E-state index contributed by atoms with van der Waals surface area (Å²) >= 11 is 0. The third-order valence-corrected chi connectivity index (χ3v) is 3.21. The Hall–Kier alpha value is -2.21. The summed E-state index contributed by atoms with van der Waals surface area (Å²) in [5, 5.41) is 1.57. The van der Waals surface area contributed by atoms with Gasteiger partial charge in [-0.05, 0) is 31.9 Å². The zero-order valence-electron chi connectivity index (χ0n) is 11.1. The maximum atomic E-state index is 11.9. The van der Waals surface area contributed by atoms with Crippen molar-refractivity contribution in [3.8, 4) is 0 Å². The fourth-order valence-corrected chi connectivity index (χ4v) is 2.27. The van der Waals surface area contributed by atoms with Gasteiger partial charge in [0, 0.05) is 0 Å². The summed E-state index contributed by atoms with van der Waals surface area (Å²) in [6, 6.07) is 5.95. The van der Waals surface area contributed by atoms with Crippen LogP contribution in [0.25, 0.3) is 0 Å². The molecule has 6 heteroatoms. The van der Waals surface area contributed by atoms with Crippen molar-refractivity contribution in [1.82, 2.24) is 16.0 Å². The van der Waals surface area contributed by atoms with Crippen molar-refractivity contribution in [2.24, 2.45) is 9.98 Å². The third-order valence-electron chi connectivity index (χ3n) is 3.21. The molecule has 98 valence electrons. The molecule has 3 rings (SSSR count). The summed E-state index contributed by atoms with van der Waals surface area (Å²) in [7, 11) is 0. The van der Waals surface area contributed by atoms with E-state index in [4.69, 9.17) is 0 Å². The Labute approximate surface area is 111 Å². The standard InChI is InChI=1S/C13H15N5O/c1-7-5-4-6-8(2)10(7)15-11-12-14-9(3)16-18(12)17-13(11)19/h4-6,12H,1-3H3,(H,14,16)(H,17,19). The van der Waals surface area contributed by atoms with Crippen LogP contribution < -0.4 is 10.9 Å². The first-order valence-corrected chi connectivity index (χ1v) is 6.12. The molecule has 6 nitrogen and oxygen atoms in total. The highest BCUT2D eigenvalue weighted by Gasteiger charge is 2.41. The molecule has 2 aliphatic heterocycles. The van der Waals surface area contributed by atoms with E-state index in [0.717, 1.165) is 22.6 Å². The number of amides is 1. The topological polar surface area (TPSA) is 69.1 Å². The maximum absolute atomic E-state index is 11.9. The van der Waals surface area contributed by atoms with Crippen molar-refractivity contribution in [3.05, 3.63) is 29.3 Å². The quantitative estimate of drug-likeness (QED) is 0.788. The molecular formula is C13H15N5O. The van der Waals surface area contributed by atoms with Gasteiger partial charge in [-0.2, -0.15) is 0 Å². The first-order chi connectivity index (χ1) is 9.06. The Morgan fingerprint density at radius 2 is 1.89 bits per heavy atom. The molecule has 1 atom stereocenters. The lowest BCUT2D eigenvalue weighted by Gasteiger charge is -2.11. The first-order valence-electron chi connectivity index (χ1n) is 6.12. The van der Waals surface area contributed by atoms with E-state index in [1.54, 1.807) is 5.12 Å². The average molecular weight is 257 g/mol. The Kier molecular flexibility index (Phi) is 2.60. The number of amidine groups is 1. The minimum Gasteiger partial charge on any atom is -0.287 e. The molecule has 2 aliphatic rings. The zero-order chi connectivity index (χ0) is 13.6. The summed E-state index contributed by atoms with van der Waals surface area (Å²) < 4.78 is 0. The molecule has 0 bridgehead atoms. The molecule has 0 aromatic heterocycles. The summed E-state index contributed by atoms with van der Waals surface area (Å²) in [4.78, 5) is 20.8. The number of hydrazine groups is 2. The maximum Gasteiger partial charge on any atom is 0.285 e. The molecule has 0 saturated carbocycles. The number of benzene rings is 1. The molecule has 1 aromatic rings. The van der Waals surface area contributed by atoms with E-state index >= 15 is 0 Å². The van der Waals surface area contributed by atoms with E-state index in [2.05, 4.69) is 20.8 Å². The average Bonchev–Trinajstić information content (AvgIpc) is 2.81. The number of aliphatic imine (C=N–C) groups is 2. The largest absolute Gasteiger partial charge is 0.287 e. The van der Waals surface area contributed by atoms with Gasteiger partial charge in [0.15, 0.2) is 6.17 Å². The molecular weight excluding hydrogens is 242 g/mol. The van der Waals surface area contributed by atoms with E-state index in [1.807, 2.05) is 39.0 Å². The number of nitrogens with one attached hydrogen (secondary N) is 2. The molecule has 0 aliphatic carbocycles. The highest BCUT2D eigenvalue weighted by molar-refractivity contribution is 6.43. The molecule has 1 amide bonds. The van der Waals surface area contributed by atoms with Crippen molar-refractivity contribution < 1.29 is 4.79 Å². The van der Waals surface area contributed by atoms with E-state index in [0.29, 0.717) is 5.71 Å². The smallest absolute Gasteiger partial charge is 0.285 e. The number of carbonyl (C=O) groups excluding carboxylic acids is 1. The number of nitrogens with zero attached hydrogens (tertiary/aromatic N) is 3. The summed E-state index contributed by atoms with van der Waals surface area (Å²) in [6.45, 7) is 5.82. The van der Waals surface area contributed by atoms with Crippen LogP contribution in [0.2, 0.25) is 0 Å². The molecule has 1 unspecified atom stereocenters. The van der Waals surface area contributed by atoms with Crippen LogP contribution in [0.3, 0.4) is 0 Å². The normalized spacial score (nSPS) is 24.2. The Morgan fingerprint density at radius 1 is 1.21 bits per heavy atom. The fourth-order valence-electron chi connectivity index (χ4n) is 2.27. The van der Waals surface area contributed by atoms with E-state index < -0.39 is 0 Å². The number of carbonyl (C=O) groups is 1. The van der Waals surface area contributed by atoms with Crippen LogP contribution in [0.4, 0.5) is 5.69 Å². The minimum atomic E-state index is -0.383. The Morgan fingerprint density at radius 3 is 2.58 bits per heavy atom.